The molecule has 2 N–H and O–H groups in total. The molecule has 4 nitrogen and oxygen atoms in total. The normalized spacial score (nSPS) is 34.7. The molecule has 1 aliphatic carbocycles. The van der Waals surface area contributed by atoms with Gasteiger partial charge < -0.3 is 5.32 Å². The summed E-state index contributed by atoms with van der Waals surface area (Å²) in [4.78, 5) is 14.4. The van der Waals surface area contributed by atoms with E-state index in [1.165, 1.54) is 25.7 Å². The number of carbonyl (C=O) groups is 1. The summed E-state index contributed by atoms with van der Waals surface area (Å²) in [6.45, 7) is 1.51. The number of hydrogen-bond acceptors (Lipinski definition) is 3. The molecule has 2 aliphatic heterocycles. The van der Waals surface area contributed by atoms with E-state index in [0.29, 0.717) is 6.04 Å². The molecule has 0 aromatic carbocycles. The maximum Gasteiger partial charge on any atom is 0.262 e. The first-order valence-electron chi connectivity index (χ1n) is 7.69. The summed E-state index contributed by atoms with van der Waals surface area (Å²) in [5, 5.41) is 5.55. The van der Waals surface area contributed by atoms with Crippen molar-refractivity contribution in [3.05, 3.63) is 0 Å². The number of rotatable bonds is 3. The van der Waals surface area contributed by atoms with E-state index in [4.69, 9.17) is 0 Å². The highest BCUT2D eigenvalue weighted by molar-refractivity contribution is 5.82. The molecule has 0 radical (unpaired) electrons. The van der Waals surface area contributed by atoms with Crippen molar-refractivity contribution in [2.24, 2.45) is 0 Å². The van der Waals surface area contributed by atoms with Gasteiger partial charge in [0.05, 0.1) is 12.6 Å². The van der Waals surface area contributed by atoms with Crippen LogP contribution < -0.4 is 10.6 Å². The Morgan fingerprint density at radius 1 is 1.25 bits per heavy atom. The van der Waals surface area contributed by atoms with Gasteiger partial charge in [0, 0.05) is 31.6 Å². The zero-order valence-corrected chi connectivity index (χ0v) is 11.7. The van der Waals surface area contributed by atoms with E-state index in [1.54, 1.807) is 0 Å². The Bertz CT molecular complexity index is 371. The van der Waals surface area contributed by atoms with Crippen LogP contribution in [0, 0.1) is 0 Å². The van der Waals surface area contributed by atoms with Gasteiger partial charge in [-0.3, -0.25) is 15.0 Å². The molecule has 114 valence electrons. The Kier molecular flexibility index (Phi) is 3.95. The first kappa shape index (κ1) is 14.2. The van der Waals surface area contributed by atoms with Crippen molar-refractivity contribution in [3.8, 4) is 0 Å². The molecule has 2 heterocycles. The van der Waals surface area contributed by atoms with Crippen LogP contribution in [0.25, 0.3) is 0 Å². The van der Waals surface area contributed by atoms with E-state index >= 15 is 0 Å². The zero-order chi connectivity index (χ0) is 14.2. The fourth-order valence-corrected chi connectivity index (χ4v) is 3.71. The minimum atomic E-state index is -2.74. The van der Waals surface area contributed by atoms with Gasteiger partial charge in [0.1, 0.15) is 0 Å². The van der Waals surface area contributed by atoms with Crippen LogP contribution in [0.5, 0.6) is 0 Å². The van der Waals surface area contributed by atoms with E-state index in [1.807, 2.05) is 0 Å². The second-order valence-electron chi connectivity index (χ2n) is 6.42. The minimum absolute atomic E-state index is 0.124. The number of halogens is 2. The van der Waals surface area contributed by atoms with Crippen LogP contribution >= 0.6 is 0 Å². The summed E-state index contributed by atoms with van der Waals surface area (Å²) in [7, 11) is 0. The molecule has 1 amide bonds. The lowest BCUT2D eigenvalue weighted by Gasteiger charge is -2.23. The number of amides is 1. The van der Waals surface area contributed by atoms with Gasteiger partial charge in [0.25, 0.3) is 5.92 Å². The predicted octanol–water partition coefficient (Wildman–Crippen LogP) is 1.12. The molecule has 0 bridgehead atoms. The van der Waals surface area contributed by atoms with Gasteiger partial charge in [-0.05, 0) is 19.3 Å². The third-order valence-corrected chi connectivity index (χ3v) is 4.83. The van der Waals surface area contributed by atoms with E-state index in [2.05, 4.69) is 15.5 Å². The molecular formula is C14H23F2N3O. The maximum atomic E-state index is 13.1. The van der Waals surface area contributed by atoms with E-state index < -0.39 is 12.0 Å². The molecule has 0 spiro atoms. The zero-order valence-electron chi connectivity index (χ0n) is 11.7. The third kappa shape index (κ3) is 3.11. The number of alkyl halides is 2. The number of likely N-dealkylation sites (tertiary alicyclic amines) is 1. The average Bonchev–Trinajstić information content (AvgIpc) is 3.07. The highest BCUT2D eigenvalue weighted by Crippen LogP contribution is 2.27. The fraction of sp³-hybridized carbons (Fsp3) is 0.929. The predicted molar refractivity (Wildman–Crippen MR) is 71.7 cm³/mol. The molecule has 20 heavy (non-hydrogen) atoms. The first-order chi connectivity index (χ1) is 9.53. The Labute approximate surface area is 118 Å². The first-order valence-corrected chi connectivity index (χ1v) is 7.69. The van der Waals surface area contributed by atoms with Crippen molar-refractivity contribution in [2.45, 2.75) is 62.6 Å². The summed E-state index contributed by atoms with van der Waals surface area (Å²) in [5.41, 5.74) is 0. The number of nitrogens with zero attached hydrogens (tertiary/aromatic N) is 1. The summed E-state index contributed by atoms with van der Waals surface area (Å²) in [6, 6.07) is 0.0653. The van der Waals surface area contributed by atoms with Gasteiger partial charge in [-0.15, -0.1) is 0 Å². The SMILES string of the molecule is O=C(NC1CCN(C2CCCC2)C1)C1CC(F)(F)CN1. The Hall–Kier alpha value is -0.750. The molecule has 2 unspecified atom stereocenters. The van der Waals surface area contributed by atoms with Crippen molar-refractivity contribution < 1.29 is 13.6 Å². The Balaban J connectivity index is 1.46. The smallest absolute Gasteiger partial charge is 0.262 e. The summed E-state index contributed by atoms with van der Waals surface area (Å²) < 4.78 is 26.2. The molecule has 1 saturated carbocycles. The highest BCUT2D eigenvalue weighted by atomic mass is 19.3. The maximum absolute atomic E-state index is 13.1. The largest absolute Gasteiger partial charge is 0.351 e. The topological polar surface area (TPSA) is 44.4 Å². The molecule has 3 rings (SSSR count). The van der Waals surface area contributed by atoms with Gasteiger partial charge in [-0.25, -0.2) is 8.78 Å². The second kappa shape index (κ2) is 5.56. The lowest BCUT2D eigenvalue weighted by molar-refractivity contribution is -0.124. The monoisotopic (exact) mass is 287 g/mol. The van der Waals surface area contributed by atoms with Crippen LogP contribution in [0.1, 0.15) is 38.5 Å². The molecule has 3 fully saturated rings. The molecule has 3 aliphatic rings. The number of carbonyl (C=O) groups excluding carboxylic acids is 1. The summed E-state index contributed by atoms with van der Waals surface area (Å²) in [6.07, 6.45) is 5.69. The minimum Gasteiger partial charge on any atom is -0.351 e. The van der Waals surface area contributed by atoms with Crippen molar-refractivity contribution in [1.82, 2.24) is 15.5 Å². The fourth-order valence-electron chi connectivity index (χ4n) is 3.71. The third-order valence-electron chi connectivity index (χ3n) is 4.83. The number of hydrogen-bond donors (Lipinski definition) is 2. The highest BCUT2D eigenvalue weighted by Gasteiger charge is 2.43. The van der Waals surface area contributed by atoms with E-state index in [-0.39, 0.29) is 24.9 Å². The van der Waals surface area contributed by atoms with Gasteiger partial charge >= 0.3 is 0 Å². The molecular weight excluding hydrogens is 264 g/mol. The van der Waals surface area contributed by atoms with E-state index in [9.17, 15) is 13.6 Å². The van der Waals surface area contributed by atoms with E-state index in [0.717, 1.165) is 19.5 Å². The van der Waals surface area contributed by atoms with Gasteiger partial charge in [-0.1, -0.05) is 12.8 Å². The van der Waals surface area contributed by atoms with Gasteiger partial charge in [0.2, 0.25) is 5.91 Å². The lowest BCUT2D eigenvalue weighted by atomic mass is 10.1. The van der Waals surface area contributed by atoms with Crippen LogP contribution in [0.2, 0.25) is 0 Å². The Morgan fingerprint density at radius 3 is 2.65 bits per heavy atom. The van der Waals surface area contributed by atoms with Crippen LogP contribution in [0.4, 0.5) is 8.78 Å². The summed E-state index contributed by atoms with van der Waals surface area (Å²) >= 11 is 0. The molecule has 0 aromatic heterocycles. The van der Waals surface area contributed by atoms with Crippen LogP contribution in [0.15, 0.2) is 0 Å². The Morgan fingerprint density at radius 2 is 2.00 bits per heavy atom. The number of nitrogens with one attached hydrogen (secondary N) is 2. The van der Waals surface area contributed by atoms with Gasteiger partial charge in [-0.2, -0.15) is 0 Å². The molecule has 2 saturated heterocycles. The average molecular weight is 287 g/mol. The second-order valence-corrected chi connectivity index (χ2v) is 6.42. The lowest BCUT2D eigenvalue weighted by Crippen LogP contribution is -2.46. The molecule has 0 aromatic rings. The van der Waals surface area contributed by atoms with Crippen molar-refractivity contribution in [3.63, 3.8) is 0 Å². The standard InChI is InChI=1S/C14H23F2N3O/c15-14(16)7-12(17-9-14)13(20)18-10-5-6-19(8-10)11-3-1-2-4-11/h10-12,17H,1-9H2,(H,18,20). The van der Waals surface area contributed by atoms with Crippen LogP contribution in [-0.4, -0.2) is 54.5 Å². The van der Waals surface area contributed by atoms with Crippen LogP contribution in [0.3, 0.4) is 0 Å². The quantitative estimate of drug-likeness (QED) is 0.817. The molecule has 2 atom stereocenters. The van der Waals surface area contributed by atoms with Crippen LogP contribution in [-0.2, 0) is 4.79 Å². The van der Waals surface area contributed by atoms with Gasteiger partial charge in [0.15, 0.2) is 0 Å². The summed E-state index contributed by atoms with van der Waals surface area (Å²) in [5.74, 6) is -3.01. The van der Waals surface area contributed by atoms with Crippen molar-refractivity contribution in [2.75, 3.05) is 19.6 Å². The van der Waals surface area contributed by atoms with Crippen molar-refractivity contribution >= 4 is 5.91 Å². The molecule has 6 heteroatoms. The van der Waals surface area contributed by atoms with Crippen molar-refractivity contribution in [1.29, 1.82) is 0 Å².